The summed E-state index contributed by atoms with van der Waals surface area (Å²) in [5, 5.41) is 6.39. The highest BCUT2D eigenvalue weighted by Crippen LogP contribution is 2.32. The standard InChI is InChI=1S/C24H23ClFN3OS/c1-4-16-5-7-18(8-6-16)27-24-28-23(30)22(31-24)12-17-11-14(2)29(15(17)3)19-9-10-21(26)20(25)13-19/h5-13,24,27H,4H2,1-3H3,(H,28,30)/b22-12-/t24-/m1/s1. The Hall–Kier alpha value is -2.70. The predicted octanol–water partition coefficient (Wildman–Crippen LogP) is 6.05. The minimum absolute atomic E-state index is 0.0801. The highest BCUT2D eigenvalue weighted by atomic mass is 35.5. The summed E-state index contributed by atoms with van der Waals surface area (Å²) < 4.78 is 15.6. The van der Waals surface area contributed by atoms with Gasteiger partial charge >= 0.3 is 0 Å². The second-order valence-corrected chi connectivity index (χ2v) is 8.99. The molecule has 3 aromatic rings. The summed E-state index contributed by atoms with van der Waals surface area (Å²) in [7, 11) is 0. The first kappa shape index (κ1) is 21.5. The number of rotatable bonds is 5. The Balaban J connectivity index is 1.55. The van der Waals surface area contributed by atoms with E-state index < -0.39 is 5.82 Å². The van der Waals surface area contributed by atoms with Crippen molar-refractivity contribution in [3.05, 3.63) is 86.8 Å². The molecule has 160 valence electrons. The van der Waals surface area contributed by atoms with Crippen LogP contribution in [-0.2, 0) is 11.2 Å². The molecule has 1 atom stereocenters. The minimum Gasteiger partial charge on any atom is -0.357 e. The summed E-state index contributed by atoms with van der Waals surface area (Å²) in [6, 6.07) is 14.9. The molecule has 0 bridgehead atoms. The number of halogens is 2. The lowest BCUT2D eigenvalue weighted by atomic mass is 10.1. The van der Waals surface area contributed by atoms with Gasteiger partial charge in [-0.1, -0.05) is 42.4 Å². The number of aryl methyl sites for hydroxylation is 2. The highest BCUT2D eigenvalue weighted by molar-refractivity contribution is 8.05. The van der Waals surface area contributed by atoms with Crippen LogP contribution in [-0.4, -0.2) is 16.0 Å². The zero-order valence-corrected chi connectivity index (χ0v) is 19.1. The zero-order chi connectivity index (χ0) is 22.1. The van der Waals surface area contributed by atoms with E-state index in [0.717, 1.165) is 34.7 Å². The molecule has 0 unspecified atom stereocenters. The van der Waals surface area contributed by atoms with Crippen LogP contribution in [0.3, 0.4) is 0 Å². The number of nitrogens with zero attached hydrogens (tertiary/aromatic N) is 1. The second kappa shape index (κ2) is 8.81. The van der Waals surface area contributed by atoms with Crippen LogP contribution in [0.1, 0.15) is 29.4 Å². The molecule has 7 heteroatoms. The molecule has 1 fully saturated rings. The van der Waals surface area contributed by atoms with Gasteiger partial charge in [0.2, 0.25) is 0 Å². The largest absolute Gasteiger partial charge is 0.357 e. The molecule has 2 heterocycles. The van der Waals surface area contributed by atoms with Crippen LogP contribution in [0.5, 0.6) is 0 Å². The van der Waals surface area contributed by atoms with E-state index >= 15 is 0 Å². The van der Waals surface area contributed by atoms with Gasteiger partial charge in [0.05, 0.1) is 9.93 Å². The van der Waals surface area contributed by atoms with Gasteiger partial charge in [0.1, 0.15) is 5.82 Å². The molecule has 0 aliphatic carbocycles. The lowest BCUT2D eigenvalue weighted by Gasteiger charge is -2.12. The lowest BCUT2D eigenvalue weighted by Crippen LogP contribution is -2.30. The van der Waals surface area contributed by atoms with Crippen molar-refractivity contribution in [3.63, 3.8) is 0 Å². The number of anilines is 1. The highest BCUT2D eigenvalue weighted by Gasteiger charge is 2.27. The van der Waals surface area contributed by atoms with E-state index in [0.29, 0.717) is 4.91 Å². The number of carbonyl (C=O) groups excluding carboxylic acids is 1. The number of thioether (sulfide) groups is 1. The Morgan fingerprint density at radius 2 is 1.94 bits per heavy atom. The van der Waals surface area contributed by atoms with Gasteiger partial charge in [0, 0.05) is 22.8 Å². The molecule has 1 amide bonds. The number of aromatic nitrogens is 1. The molecule has 1 saturated heterocycles. The van der Waals surface area contributed by atoms with Gasteiger partial charge in [0.15, 0.2) is 5.50 Å². The normalized spacial score (nSPS) is 17.3. The molecular weight excluding hydrogens is 433 g/mol. The number of hydrogen-bond donors (Lipinski definition) is 2. The van der Waals surface area contributed by atoms with Crippen molar-refractivity contribution in [1.29, 1.82) is 0 Å². The molecule has 31 heavy (non-hydrogen) atoms. The van der Waals surface area contributed by atoms with Crippen molar-refractivity contribution in [2.45, 2.75) is 32.7 Å². The first-order valence-electron chi connectivity index (χ1n) is 10.0. The fourth-order valence-corrected chi connectivity index (χ4v) is 4.80. The maximum Gasteiger partial charge on any atom is 0.260 e. The van der Waals surface area contributed by atoms with Crippen LogP contribution in [0, 0.1) is 19.7 Å². The summed E-state index contributed by atoms with van der Waals surface area (Å²) in [5.41, 5.74) is 5.64. The van der Waals surface area contributed by atoms with Crippen molar-refractivity contribution in [2.75, 3.05) is 5.32 Å². The van der Waals surface area contributed by atoms with Crippen molar-refractivity contribution in [3.8, 4) is 5.69 Å². The third-order valence-corrected chi connectivity index (χ3v) is 6.63. The van der Waals surface area contributed by atoms with Gasteiger partial charge < -0.3 is 15.2 Å². The third kappa shape index (κ3) is 4.50. The summed E-state index contributed by atoms with van der Waals surface area (Å²) in [4.78, 5) is 13.2. The Labute approximate surface area is 190 Å². The first-order valence-corrected chi connectivity index (χ1v) is 11.3. The molecular formula is C24H23ClFN3OS. The molecule has 2 N–H and O–H groups in total. The van der Waals surface area contributed by atoms with E-state index in [4.69, 9.17) is 11.6 Å². The zero-order valence-electron chi connectivity index (χ0n) is 17.5. The van der Waals surface area contributed by atoms with Gasteiger partial charge in [-0.2, -0.15) is 0 Å². The molecule has 4 nitrogen and oxygen atoms in total. The Kier molecular flexibility index (Phi) is 6.12. The topological polar surface area (TPSA) is 46.1 Å². The van der Waals surface area contributed by atoms with Crippen LogP contribution < -0.4 is 10.6 Å². The molecule has 0 saturated carbocycles. The number of amides is 1. The van der Waals surface area contributed by atoms with Gasteiger partial charge in [-0.3, -0.25) is 4.79 Å². The minimum atomic E-state index is -0.447. The van der Waals surface area contributed by atoms with E-state index in [-0.39, 0.29) is 16.4 Å². The van der Waals surface area contributed by atoms with E-state index in [2.05, 4.69) is 29.7 Å². The Morgan fingerprint density at radius 1 is 1.19 bits per heavy atom. The average molecular weight is 456 g/mol. The quantitative estimate of drug-likeness (QED) is 0.460. The van der Waals surface area contributed by atoms with Crippen molar-refractivity contribution >= 4 is 41.0 Å². The summed E-state index contributed by atoms with van der Waals surface area (Å²) in [6.07, 6.45) is 2.89. The maximum atomic E-state index is 13.6. The fraction of sp³-hybridized carbons (Fsp3) is 0.208. The van der Waals surface area contributed by atoms with Gasteiger partial charge in [-0.15, -0.1) is 0 Å². The molecule has 1 aromatic heterocycles. The molecule has 2 aromatic carbocycles. The monoisotopic (exact) mass is 455 g/mol. The summed E-state index contributed by atoms with van der Waals surface area (Å²) >= 11 is 7.42. The van der Waals surface area contributed by atoms with Crippen LogP contribution in [0.25, 0.3) is 11.8 Å². The van der Waals surface area contributed by atoms with Gasteiger partial charge in [-0.25, -0.2) is 4.39 Å². The van der Waals surface area contributed by atoms with Gasteiger partial charge in [0.25, 0.3) is 5.91 Å². The predicted molar refractivity (Wildman–Crippen MR) is 127 cm³/mol. The maximum absolute atomic E-state index is 13.6. The first-order chi connectivity index (χ1) is 14.9. The third-order valence-electron chi connectivity index (χ3n) is 5.31. The van der Waals surface area contributed by atoms with E-state index in [9.17, 15) is 9.18 Å². The Morgan fingerprint density at radius 3 is 2.61 bits per heavy atom. The van der Waals surface area contributed by atoms with Crippen molar-refractivity contribution < 1.29 is 9.18 Å². The Bertz CT molecular complexity index is 1170. The van der Waals surface area contributed by atoms with Crippen molar-refractivity contribution in [1.82, 2.24) is 9.88 Å². The second-order valence-electron chi connectivity index (χ2n) is 7.44. The van der Waals surface area contributed by atoms with Crippen LogP contribution >= 0.6 is 23.4 Å². The van der Waals surface area contributed by atoms with Crippen molar-refractivity contribution in [2.24, 2.45) is 0 Å². The number of hydrogen-bond acceptors (Lipinski definition) is 3. The van der Waals surface area contributed by atoms with E-state index in [1.54, 1.807) is 12.1 Å². The molecule has 1 aliphatic heterocycles. The molecule has 0 radical (unpaired) electrons. The van der Waals surface area contributed by atoms with E-state index in [1.165, 1.54) is 23.4 Å². The molecule has 0 spiro atoms. The average Bonchev–Trinajstić information content (AvgIpc) is 3.23. The van der Waals surface area contributed by atoms with Gasteiger partial charge in [-0.05, 0) is 73.9 Å². The van der Waals surface area contributed by atoms with E-state index in [1.807, 2.05) is 42.7 Å². The lowest BCUT2D eigenvalue weighted by molar-refractivity contribution is -0.116. The van der Waals surface area contributed by atoms with Crippen LogP contribution in [0.15, 0.2) is 53.4 Å². The number of nitrogens with one attached hydrogen (secondary N) is 2. The van der Waals surface area contributed by atoms with Crippen LogP contribution in [0.2, 0.25) is 5.02 Å². The molecule has 4 rings (SSSR count). The van der Waals surface area contributed by atoms with Crippen LogP contribution in [0.4, 0.5) is 10.1 Å². The smallest absolute Gasteiger partial charge is 0.260 e. The summed E-state index contributed by atoms with van der Waals surface area (Å²) in [5.74, 6) is -0.556. The number of benzene rings is 2. The SMILES string of the molecule is CCc1ccc(N[C@@H]2NC(=O)/C(=C/c3cc(C)n(-c4ccc(F)c(Cl)c4)c3C)S2)cc1. The fourth-order valence-electron chi connectivity index (χ4n) is 3.65. The number of carbonyl (C=O) groups is 1. The molecule has 1 aliphatic rings. The summed E-state index contributed by atoms with van der Waals surface area (Å²) in [6.45, 7) is 6.06.